The molecule has 28 heavy (non-hydrogen) atoms. The molecule has 0 bridgehead atoms. The van der Waals surface area contributed by atoms with Gasteiger partial charge in [-0.15, -0.1) is 11.3 Å². The minimum absolute atomic E-state index is 0.0818. The first-order valence-electron chi connectivity index (χ1n) is 8.83. The lowest BCUT2D eigenvalue weighted by atomic mass is 9.97. The molecule has 0 aliphatic carbocycles. The van der Waals surface area contributed by atoms with Crippen LogP contribution in [0.3, 0.4) is 0 Å². The van der Waals surface area contributed by atoms with Crippen molar-refractivity contribution in [3.05, 3.63) is 54.4 Å². The molecule has 2 aromatic heterocycles. The van der Waals surface area contributed by atoms with Crippen molar-refractivity contribution in [1.82, 2.24) is 19.1 Å². The summed E-state index contributed by atoms with van der Waals surface area (Å²) in [6, 6.07) is 10.7. The molecule has 0 spiro atoms. The molecule has 8 nitrogen and oxygen atoms in total. The van der Waals surface area contributed by atoms with Crippen molar-refractivity contribution in [2.45, 2.75) is 17.1 Å². The van der Waals surface area contributed by atoms with E-state index in [1.807, 2.05) is 24.3 Å². The first-order valence-corrected chi connectivity index (χ1v) is 11.2. The van der Waals surface area contributed by atoms with Crippen LogP contribution in [0.4, 0.5) is 5.69 Å². The van der Waals surface area contributed by atoms with Gasteiger partial charge in [0.15, 0.2) is 0 Å². The number of piperidine rings is 1. The average molecular weight is 418 g/mol. The highest BCUT2D eigenvalue weighted by Crippen LogP contribution is 2.27. The van der Waals surface area contributed by atoms with Crippen LogP contribution in [0, 0.1) is 5.92 Å². The summed E-state index contributed by atoms with van der Waals surface area (Å²) in [6.07, 6.45) is 4.08. The second-order valence-electron chi connectivity index (χ2n) is 6.49. The van der Waals surface area contributed by atoms with E-state index < -0.39 is 10.0 Å². The largest absolute Gasteiger partial charge is 0.326 e. The standard InChI is InChI=1S/C18H19N5O3S2/c24-18(21-15-3-5-16(6-4-15)23-13-19-12-20-23)14-7-9-22(10-8-14)28(25,26)17-2-1-11-27-17/h1-6,11-14H,7-10H2,(H,21,24). The molecule has 4 rings (SSSR count). The number of hydrogen-bond acceptors (Lipinski definition) is 6. The second-order valence-corrected chi connectivity index (χ2v) is 9.60. The van der Waals surface area contributed by atoms with Crippen LogP contribution in [0.15, 0.2) is 58.6 Å². The number of rotatable bonds is 5. The molecule has 1 N–H and O–H groups in total. The fourth-order valence-corrected chi connectivity index (χ4v) is 5.79. The van der Waals surface area contributed by atoms with Crippen molar-refractivity contribution >= 4 is 33.0 Å². The molecule has 1 fully saturated rings. The highest BCUT2D eigenvalue weighted by molar-refractivity contribution is 7.91. The summed E-state index contributed by atoms with van der Waals surface area (Å²) in [5.41, 5.74) is 1.55. The number of aromatic nitrogens is 3. The molecule has 1 amide bonds. The van der Waals surface area contributed by atoms with Crippen LogP contribution in [-0.2, 0) is 14.8 Å². The Hall–Kier alpha value is -2.56. The molecule has 146 valence electrons. The summed E-state index contributed by atoms with van der Waals surface area (Å²) >= 11 is 1.21. The molecule has 3 heterocycles. The number of sulfonamides is 1. The van der Waals surface area contributed by atoms with Crippen LogP contribution >= 0.6 is 11.3 Å². The smallest absolute Gasteiger partial charge is 0.252 e. The molecule has 1 saturated heterocycles. The normalized spacial score (nSPS) is 16.1. The Bertz CT molecular complexity index is 1020. The lowest BCUT2D eigenvalue weighted by Gasteiger charge is -2.30. The van der Waals surface area contributed by atoms with E-state index in [-0.39, 0.29) is 11.8 Å². The zero-order valence-electron chi connectivity index (χ0n) is 14.9. The van der Waals surface area contributed by atoms with Crippen LogP contribution in [-0.4, -0.2) is 46.5 Å². The van der Waals surface area contributed by atoms with E-state index in [1.54, 1.807) is 28.5 Å². The summed E-state index contributed by atoms with van der Waals surface area (Å²) < 4.78 is 28.6. The number of nitrogens with one attached hydrogen (secondary N) is 1. The summed E-state index contributed by atoms with van der Waals surface area (Å²) in [5.74, 6) is -0.286. The van der Waals surface area contributed by atoms with Gasteiger partial charge in [-0.25, -0.2) is 18.1 Å². The molecule has 1 aliphatic heterocycles. The van der Waals surface area contributed by atoms with Crippen molar-refractivity contribution < 1.29 is 13.2 Å². The predicted molar refractivity (Wildman–Crippen MR) is 106 cm³/mol. The van der Waals surface area contributed by atoms with Gasteiger partial charge in [0, 0.05) is 24.7 Å². The minimum Gasteiger partial charge on any atom is -0.326 e. The number of anilines is 1. The molecule has 0 radical (unpaired) electrons. The van der Waals surface area contributed by atoms with Gasteiger partial charge in [0.05, 0.1) is 5.69 Å². The Balaban J connectivity index is 1.34. The van der Waals surface area contributed by atoms with Gasteiger partial charge >= 0.3 is 0 Å². The Morgan fingerprint density at radius 1 is 1.14 bits per heavy atom. The predicted octanol–water partition coefficient (Wildman–Crippen LogP) is 2.37. The van der Waals surface area contributed by atoms with E-state index in [1.165, 1.54) is 22.0 Å². The first kappa shape index (κ1) is 18.8. The van der Waals surface area contributed by atoms with Crippen molar-refractivity contribution in [1.29, 1.82) is 0 Å². The second kappa shape index (κ2) is 7.82. The zero-order chi connectivity index (χ0) is 19.6. The van der Waals surface area contributed by atoms with Crippen molar-refractivity contribution in [2.24, 2.45) is 5.92 Å². The summed E-state index contributed by atoms with van der Waals surface area (Å²) in [6.45, 7) is 0.702. The third kappa shape index (κ3) is 3.84. The Morgan fingerprint density at radius 3 is 2.50 bits per heavy atom. The van der Waals surface area contributed by atoms with E-state index in [9.17, 15) is 13.2 Å². The van der Waals surface area contributed by atoms with Gasteiger partial charge in [-0.3, -0.25) is 4.79 Å². The molecular formula is C18H19N5O3S2. The van der Waals surface area contributed by atoms with E-state index >= 15 is 0 Å². The van der Waals surface area contributed by atoms with Crippen LogP contribution in [0.2, 0.25) is 0 Å². The maximum atomic E-state index is 12.6. The van der Waals surface area contributed by atoms with Gasteiger partial charge in [0.2, 0.25) is 5.91 Å². The lowest BCUT2D eigenvalue weighted by Crippen LogP contribution is -2.41. The van der Waals surface area contributed by atoms with Crippen molar-refractivity contribution in [3.63, 3.8) is 0 Å². The Labute approximate surface area is 166 Å². The monoisotopic (exact) mass is 417 g/mol. The van der Waals surface area contributed by atoms with Gasteiger partial charge in [-0.2, -0.15) is 9.40 Å². The van der Waals surface area contributed by atoms with E-state index in [4.69, 9.17) is 0 Å². The third-order valence-corrected chi connectivity index (χ3v) is 8.00. The number of benzene rings is 1. The molecule has 0 unspecified atom stereocenters. The molecule has 0 atom stereocenters. The van der Waals surface area contributed by atoms with Crippen LogP contribution in [0.25, 0.3) is 5.69 Å². The highest BCUT2D eigenvalue weighted by atomic mass is 32.2. The van der Waals surface area contributed by atoms with E-state index in [0.717, 1.165) is 5.69 Å². The number of thiophene rings is 1. The SMILES string of the molecule is O=C(Nc1ccc(-n2cncn2)cc1)C1CCN(S(=O)(=O)c2cccs2)CC1. The molecule has 3 aromatic rings. The Morgan fingerprint density at radius 2 is 1.89 bits per heavy atom. The summed E-state index contributed by atoms with van der Waals surface area (Å²) in [4.78, 5) is 16.5. The quantitative estimate of drug-likeness (QED) is 0.687. The molecule has 10 heteroatoms. The number of carbonyl (C=O) groups is 1. The van der Waals surface area contributed by atoms with Gasteiger partial charge in [0.1, 0.15) is 16.9 Å². The molecule has 1 aromatic carbocycles. The number of nitrogens with zero attached hydrogens (tertiary/aromatic N) is 4. The summed E-state index contributed by atoms with van der Waals surface area (Å²) in [7, 11) is -3.45. The lowest BCUT2D eigenvalue weighted by molar-refractivity contribution is -0.120. The molecule has 0 saturated carbocycles. The minimum atomic E-state index is -3.45. The van der Waals surface area contributed by atoms with Crippen molar-refractivity contribution in [2.75, 3.05) is 18.4 Å². The fourth-order valence-electron chi connectivity index (χ4n) is 3.18. The topological polar surface area (TPSA) is 97.2 Å². The maximum absolute atomic E-state index is 12.6. The van der Waals surface area contributed by atoms with Crippen LogP contribution in [0.1, 0.15) is 12.8 Å². The highest BCUT2D eigenvalue weighted by Gasteiger charge is 2.32. The number of hydrogen-bond donors (Lipinski definition) is 1. The third-order valence-electron chi connectivity index (χ3n) is 4.73. The number of carbonyl (C=O) groups excluding carboxylic acids is 1. The fraction of sp³-hybridized carbons (Fsp3) is 0.278. The van der Waals surface area contributed by atoms with E-state index in [2.05, 4.69) is 15.4 Å². The van der Waals surface area contributed by atoms with E-state index in [0.29, 0.717) is 35.8 Å². The van der Waals surface area contributed by atoms with Crippen molar-refractivity contribution in [3.8, 4) is 5.69 Å². The Kier molecular flexibility index (Phi) is 5.25. The molecule has 1 aliphatic rings. The average Bonchev–Trinajstić information content (AvgIpc) is 3.43. The summed E-state index contributed by atoms with van der Waals surface area (Å²) in [5, 5.41) is 8.73. The molecular weight excluding hydrogens is 398 g/mol. The van der Waals surface area contributed by atoms with Gasteiger partial charge in [0.25, 0.3) is 10.0 Å². The van der Waals surface area contributed by atoms with Gasteiger partial charge in [-0.05, 0) is 48.6 Å². The maximum Gasteiger partial charge on any atom is 0.252 e. The van der Waals surface area contributed by atoms with Gasteiger partial charge in [-0.1, -0.05) is 6.07 Å². The number of amides is 1. The van der Waals surface area contributed by atoms with Gasteiger partial charge < -0.3 is 5.32 Å². The first-order chi connectivity index (χ1) is 13.5. The zero-order valence-corrected chi connectivity index (χ0v) is 16.6. The van der Waals surface area contributed by atoms with Crippen LogP contribution in [0.5, 0.6) is 0 Å². The van der Waals surface area contributed by atoms with Crippen LogP contribution < -0.4 is 5.32 Å².